The van der Waals surface area contributed by atoms with E-state index in [0.717, 1.165) is 10.8 Å². The number of benzene rings is 2. The van der Waals surface area contributed by atoms with Crippen LogP contribution in [0.5, 0.6) is 5.75 Å². The molecule has 0 radical (unpaired) electrons. The third-order valence-corrected chi connectivity index (χ3v) is 2.74. The second kappa shape index (κ2) is 5.92. The fraction of sp³-hybridized carbons (Fsp3) is 0.188. The van der Waals surface area contributed by atoms with E-state index in [1.165, 1.54) is 6.92 Å². The Morgan fingerprint density at radius 1 is 1.26 bits per heavy atom. The first-order valence-electron chi connectivity index (χ1n) is 6.12. The van der Waals surface area contributed by atoms with Gasteiger partial charge in [-0.25, -0.2) is 0 Å². The molecule has 0 saturated heterocycles. The van der Waals surface area contributed by atoms with Gasteiger partial charge >= 0.3 is 0 Å². The van der Waals surface area contributed by atoms with Crippen LogP contribution in [0.15, 0.2) is 36.4 Å². The number of hydrogen-bond acceptors (Lipinski definition) is 2. The minimum atomic E-state index is -0.0604. The van der Waals surface area contributed by atoms with Crippen molar-refractivity contribution in [1.82, 2.24) is 5.32 Å². The molecule has 3 nitrogen and oxygen atoms in total. The summed E-state index contributed by atoms with van der Waals surface area (Å²) in [5, 5.41) is 14.5. The Morgan fingerprint density at radius 2 is 2.05 bits per heavy atom. The lowest BCUT2D eigenvalue weighted by atomic mass is 10.0. The Hall–Kier alpha value is -2.47. The van der Waals surface area contributed by atoms with E-state index in [0.29, 0.717) is 18.5 Å². The van der Waals surface area contributed by atoms with Crippen LogP contribution in [0.2, 0.25) is 0 Å². The number of rotatable bonds is 2. The van der Waals surface area contributed by atoms with Crippen molar-refractivity contribution in [3.05, 3.63) is 42.0 Å². The topological polar surface area (TPSA) is 49.3 Å². The van der Waals surface area contributed by atoms with Gasteiger partial charge in [-0.3, -0.25) is 4.79 Å². The molecule has 2 aromatic rings. The van der Waals surface area contributed by atoms with E-state index in [9.17, 15) is 9.90 Å². The number of carbonyl (C=O) groups excluding carboxylic acids is 1. The van der Waals surface area contributed by atoms with Crippen LogP contribution in [0, 0.1) is 11.8 Å². The largest absolute Gasteiger partial charge is 0.507 e. The van der Waals surface area contributed by atoms with Crippen molar-refractivity contribution in [2.75, 3.05) is 6.54 Å². The van der Waals surface area contributed by atoms with Gasteiger partial charge in [-0.15, -0.1) is 0 Å². The quantitative estimate of drug-likeness (QED) is 0.638. The molecular weight excluding hydrogens is 238 g/mol. The summed E-state index contributed by atoms with van der Waals surface area (Å²) < 4.78 is 0. The predicted molar refractivity (Wildman–Crippen MR) is 75.8 cm³/mol. The van der Waals surface area contributed by atoms with Crippen LogP contribution in [0.25, 0.3) is 10.8 Å². The lowest BCUT2D eigenvalue weighted by molar-refractivity contribution is -0.118. The molecule has 0 fully saturated rings. The van der Waals surface area contributed by atoms with E-state index in [2.05, 4.69) is 17.2 Å². The van der Waals surface area contributed by atoms with E-state index >= 15 is 0 Å². The number of phenolic OH excluding ortho intramolecular Hbond substituents is 1. The van der Waals surface area contributed by atoms with Gasteiger partial charge < -0.3 is 10.4 Å². The number of carbonyl (C=O) groups is 1. The molecule has 0 saturated carbocycles. The summed E-state index contributed by atoms with van der Waals surface area (Å²) in [6, 6.07) is 11.3. The Bertz CT molecular complexity index is 665. The van der Waals surface area contributed by atoms with Gasteiger partial charge in [0.2, 0.25) is 5.91 Å². The zero-order valence-corrected chi connectivity index (χ0v) is 10.7. The number of hydrogen-bond donors (Lipinski definition) is 2. The second-order valence-corrected chi connectivity index (χ2v) is 4.22. The molecule has 0 spiro atoms. The number of fused-ring (bicyclic) bond motifs is 1. The molecule has 0 atom stereocenters. The van der Waals surface area contributed by atoms with Gasteiger partial charge in [0.25, 0.3) is 0 Å². The highest BCUT2D eigenvalue weighted by Gasteiger charge is 2.03. The van der Waals surface area contributed by atoms with Crippen molar-refractivity contribution in [2.24, 2.45) is 0 Å². The standard InChI is InChI=1S/C16H15NO2/c1-12(18)17-11-5-4-8-15-14-7-3-2-6-13(14)9-10-16(15)19/h2-3,6-7,9-10,19H,5,11H2,1H3,(H,17,18). The molecule has 1 amide bonds. The maximum absolute atomic E-state index is 10.7. The Morgan fingerprint density at radius 3 is 2.84 bits per heavy atom. The molecule has 3 heteroatoms. The first-order chi connectivity index (χ1) is 9.18. The molecule has 0 heterocycles. The molecule has 0 aliphatic carbocycles. The van der Waals surface area contributed by atoms with Crippen molar-refractivity contribution >= 4 is 16.7 Å². The summed E-state index contributed by atoms with van der Waals surface area (Å²) >= 11 is 0. The van der Waals surface area contributed by atoms with Crippen molar-refractivity contribution in [2.45, 2.75) is 13.3 Å². The molecule has 2 aromatic carbocycles. The maximum Gasteiger partial charge on any atom is 0.216 e. The molecule has 0 aliphatic heterocycles. The van der Waals surface area contributed by atoms with Crippen LogP contribution in [-0.2, 0) is 4.79 Å². The third-order valence-electron chi connectivity index (χ3n) is 2.74. The minimum Gasteiger partial charge on any atom is -0.507 e. The van der Waals surface area contributed by atoms with Gasteiger partial charge in [0.15, 0.2) is 0 Å². The van der Waals surface area contributed by atoms with Crippen LogP contribution in [-0.4, -0.2) is 17.6 Å². The minimum absolute atomic E-state index is 0.0604. The van der Waals surface area contributed by atoms with Crippen LogP contribution in [0.4, 0.5) is 0 Å². The average molecular weight is 253 g/mol. The van der Waals surface area contributed by atoms with Crippen molar-refractivity contribution in [3.8, 4) is 17.6 Å². The predicted octanol–water partition coefficient (Wildman–Crippen LogP) is 2.42. The second-order valence-electron chi connectivity index (χ2n) is 4.22. The van der Waals surface area contributed by atoms with E-state index in [1.54, 1.807) is 6.07 Å². The summed E-state index contributed by atoms with van der Waals surface area (Å²) in [5.41, 5.74) is 0.640. The Labute approximate surface area is 112 Å². The molecule has 0 aromatic heterocycles. The fourth-order valence-electron chi connectivity index (χ4n) is 1.84. The van der Waals surface area contributed by atoms with Gasteiger partial charge in [0, 0.05) is 25.3 Å². The highest BCUT2D eigenvalue weighted by Crippen LogP contribution is 2.25. The molecule has 2 rings (SSSR count). The lowest BCUT2D eigenvalue weighted by Crippen LogP contribution is -2.20. The molecule has 19 heavy (non-hydrogen) atoms. The van der Waals surface area contributed by atoms with Crippen molar-refractivity contribution in [3.63, 3.8) is 0 Å². The lowest BCUT2D eigenvalue weighted by Gasteiger charge is -2.03. The van der Waals surface area contributed by atoms with Gasteiger partial charge in [0.1, 0.15) is 5.75 Å². The Balaban J connectivity index is 2.22. The van der Waals surface area contributed by atoms with Gasteiger partial charge in [-0.2, -0.15) is 0 Å². The smallest absolute Gasteiger partial charge is 0.216 e. The SMILES string of the molecule is CC(=O)NCCC#Cc1c(O)ccc2ccccc12. The molecular formula is C16H15NO2. The van der Waals surface area contributed by atoms with Crippen LogP contribution < -0.4 is 5.32 Å². The highest BCUT2D eigenvalue weighted by atomic mass is 16.3. The number of amides is 1. The zero-order chi connectivity index (χ0) is 13.7. The number of phenols is 1. The van der Waals surface area contributed by atoms with Crippen molar-refractivity contribution < 1.29 is 9.90 Å². The van der Waals surface area contributed by atoms with E-state index < -0.39 is 0 Å². The highest BCUT2D eigenvalue weighted by molar-refractivity contribution is 5.90. The molecule has 2 N–H and O–H groups in total. The van der Waals surface area contributed by atoms with Crippen LogP contribution in [0.1, 0.15) is 18.9 Å². The third kappa shape index (κ3) is 3.26. The van der Waals surface area contributed by atoms with E-state index in [-0.39, 0.29) is 11.7 Å². The van der Waals surface area contributed by atoms with Gasteiger partial charge in [0.05, 0.1) is 5.56 Å². The van der Waals surface area contributed by atoms with Crippen LogP contribution in [0.3, 0.4) is 0 Å². The van der Waals surface area contributed by atoms with E-state index in [4.69, 9.17) is 0 Å². The molecule has 96 valence electrons. The monoisotopic (exact) mass is 253 g/mol. The summed E-state index contributed by atoms with van der Waals surface area (Å²) in [5.74, 6) is 6.07. The zero-order valence-electron chi connectivity index (χ0n) is 10.7. The first-order valence-corrected chi connectivity index (χ1v) is 6.12. The number of nitrogens with one attached hydrogen (secondary N) is 1. The summed E-state index contributed by atoms with van der Waals surface area (Å²) in [6.07, 6.45) is 0.558. The summed E-state index contributed by atoms with van der Waals surface area (Å²) in [6.45, 7) is 2.00. The van der Waals surface area contributed by atoms with Gasteiger partial charge in [-0.05, 0) is 11.5 Å². The van der Waals surface area contributed by atoms with Crippen LogP contribution >= 0.6 is 0 Å². The van der Waals surface area contributed by atoms with E-state index in [1.807, 2.05) is 30.3 Å². The Kier molecular flexibility index (Phi) is 4.04. The number of aromatic hydroxyl groups is 1. The average Bonchev–Trinajstić information content (AvgIpc) is 2.40. The first kappa shape index (κ1) is 13.0. The molecule has 0 bridgehead atoms. The van der Waals surface area contributed by atoms with Gasteiger partial charge in [-0.1, -0.05) is 42.2 Å². The molecule has 0 unspecified atom stereocenters. The van der Waals surface area contributed by atoms with Crippen molar-refractivity contribution in [1.29, 1.82) is 0 Å². The molecule has 0 aliphatic rings. The summed E-state index contributed by atoms with van der Waals surface area (Å²) in [7, 11) is 0. The maximum atomic E-state index is 10.7. The normalized spacial score (nSPS) is 9.74. The fourth-order valence-corrected chi connectivity index (χ4v) is 1.84. The summed E-state index contributed by atoms with van der Waals surface area (Å²) in [4.78, 5) is 10.7.